The molecule has 0 bridgehead atoms. The Labute approximate surface area is 136 Å². The smallest absolute Gasteiger partial charge is 0.264 e. The summed E-state index contributed by atoms with van der Waals surface area (Å²) in [5, 5.41) is 10.2. The third kappa shape index (κ3) is 2.18. The van der Waals surface area contributed by atoms with Gasteiger partial charge in [0.25, 0.3) is 10.0 Å². The van der Waals surface area contributed by atoms with Crippen LogP contribution in [0.1, 0.15) is 18.4 Å². The van der Waals surface area contributed by atoms with E-state index in [1.807, 2.05) is 37.3 Å². The van der Waals surface area contributed by atoms with Gasteiger partial charge >= 0.3 is 0 Å². The lowest BCUT2D eigenvalue weighted by molar-refractivity contribution is 0.172. The summed E-state index contributed by atoms with van der Waals surface area (Å²) in [4.78, 5) is 0.309. The molecule has 120 valence electrons. The second-order valence-corrected chi connectivity index (χ2v) is 8.27. The highest BCUT2D eigenvalue weighted by Gasteiger charge is 2.45. The van der Waals surface area contributed by atoms with E-state index in [4.69, 9.17) is 0 Å². The lowest BCUT2D eigenvalue weighted by Crippen LogP contribution is -2.39. The largest absolute Gasteiger partial charge is 0.389 e. The van der Waals surface area contributed by atoms with Crippen LogP contribution in [-0.2, 0) is 10.0 Å². The van der Waals surface area contributed by atoms with Gasteiger partial charge in [0.15, 0.2) is 0 Å². The Morgan fingerprint density at radius 1 is 1.22 bits per heavy atom. The molecule has 23 heavy (non-hydrogen) atoms. The number of aliphatic hydroxyl groups excluding tert-OH is 1. The fourth-order valence-corrected chi connectivity index (χ4v) is 5.27. The van der Waals surface area contributed by atoms with Crippen molar-refractivity contribution in [2.75, 3.05) is 0 Å². The topological polar surface area (TPSA) is 57.6 Å². The molecule has 2 aliphatic carbocycles. The van der Waals surface area contributed by atoms with Crippen LogP contribution in [0.25, 0.3) is 0 Å². The van der Waals surface area contributed by atoms with Crippen LogP contribution in [0.5, 0.6) is 0 Å². The number of allylic oxidation sites excluding steroid dienone is 2. The molecule has 0 radical (unpaired) electrons. The molecule has 0 amide bonds. The Kier molecular flexibility index (Phi) is 3.25. The molecule has 3 atom stereocenters. The van der Waals surface area contributed by atoms with Crippen LogP contribution in [0, 0.1) is 12.8 Å². The van der Waals surface area contributed by atoms with Crippen molar-refractivity contribution in [1.29, 1.82) is 0 Å². The van der Waals surface area contributed by atoms with E-state index in [0.29, 0.717) is 11.3 Å². The number of benzene rings is 1. The van der Waals surface area contributed by atoms with Crippen LogP contribution >= 0.6 is 0 Å². The lowest BCUT2D eigenvalue weighted by Gasteiger charge is -2.35. The third-order valence-corrected chi connectivity index (χ3v) is 6.74. The highest BCUT2D eigenvalue weighted by atomic mass is 32.2. The molecule has 1 aliphatic heterocycles. The SMILES string of the molecule is Cc1ccc(S(=O)(=O)N2C=C3CCC(O)C4=CC=C[C@H]2[C@H]34)cc1. The van der Waals surface area contributed by atoms with Gasteiger partial charge in [0.1, 0.15) is 0 Å². The minimum absolute atomic E-state index is 0.0102. The number of hydrogen-bond acceptors (Lipinski definition) is 3. The van der Waals surface area contributed by atoms with Crippen LogP contribution in [0.3, 0.4) is 0 Å². The van der Waals surface area contributed by atoms with E-state index in [-0.39, 0.29) is 12.0 Å². The molecule has 5 heteroatoms. The monoisotopic (exact) mass is 329 g/mol. The van der Waals surface area contributed by atoms with E-state index < -0.39 is 16.1 Å². The predicted molar refractivity (Wildman–Crippen MR) is 88.0 cm³/mol. The summed E-state index contributed by atoms with van der Waals surface area (Å²) in [6, 6.07) is 6.68. The summed E-state index contributed by atoms with van der Waals surface area (Å²) in [7, 11) is -3.59. The molecule has 0 saturated heterocycles. The Bertz CT molecular complexity index is 834. The maximum atomic E-state index is 13.0. The Morgan fingerprint density at radius 3 is 2.70 bits per heavy atom. The summed E-state index contributed by atoms with van der Waals surface area (Å²) in [6.07, 6.45) is 8.43. The first-order chi connectivity index (χ1) is 11.0. The lowest BCUT2D eigenvalue weighted by atomic mass is 9.74. The number of nitrogens with zero attached hydrogens (tertiary/aromatic N) is 1. The van der Waals surface area contributed by atoms with Crippen LogP contribution in [0.2, 0.25) is 0 Å². The van der Waals surface area contributed by atoms with E-state index in [0.717, 1.165) is 23.1 Å². The second-order valence-electron chi connectivity index (χ2n) is 6.43. The van der Waals surface area contributed by atoms with Crippen molar-refractivity contribution in [1.82, 2.24) is 4.31 Å². The normalized spacial score (nSPS) is 29.1. The molecule has 4 rings (SSSR count). The minimum Gasteiger partial charge on any atom is -0.389 e. The van der Waals surface area contributed by atoms with Gasteiger partial charge in [-0.1, -0.05) is 35.9 Å². The molecule has 0 spiro atoms. The Morgan fingerprint density at radius 2 is 1.96 bits per heavy atom. The fourth-order valence-electron chi connectivity index (χ4n) is 3.76. The van der Waals surface area contributed by atoms with Crippen molar-refractivity contribution < 1.29 is 13.5 Å². The van der Waals surface area contributed by atoms with Crippen LogP contribution in [-0.4, -0.2) is 30.0 Å². The first-order valence-corrected chi connectivity index (χ1v) is 9.29. The van der Waals surface area contributed by atoms with Gasteiger partial charge < -0.3 is 5.11 Å². The molecule has 0 aromatic heterocycles. The molecule has 3 aliphatic rings. The molecular formula is C18H19NO3S. The molecule has 1 N–H and O–H groups in total. The molecule has 1 aromatic carbocycles. The number of sulfonamides is 1. The molecule has 1 saturated carbocycles. The zero-order chi connectivity index (χ0) is 16.2. The predicted octanol–water partition coefficient (Wildman–Crippen LogP) is 2.52. The molecule has 1 unspecified atom stereocenters. The average molecular weight is 329 g/mol. The number of aryl methyl sites for hydroxylation is 1. The van der Waals surface area contributed by atoms with Gasteiger partial charge in [-0.15, -0.1) is 0 Å². The van der Waals surface area contributed by atoms with Crippen LogP contribution < -0.4 is 0 Å². The first kappa shape index (κ1) is 14.7. The summed E-state index contributed by atoms with van der Waals surface area (Å²) in [5.74, 6) is -0.0102. The highest BCUT2D eigenvalue weighted by molar-refractivity contribution is 7.89. The zero-order valence-corrected chi connectivity index (χ0v) is 13.7. The number of hydrogen-bond donors (Lipinski definition) is 1. The molecular weight excluding hydrogens is 310 g/mol. The summed E-state index contributed by atoms with van der Waals surface area (Å²) >= 11 is 0. The van der Waals surface area contributed by atoms with Gasteiger partial charge in [-0.05, 0) is 43.0 Å². The quantitative estimate of drug-likeness (QED) is 0.907. The maximum Gasteiger partial charge on any atom is 0.264 e. The molecule has 4 nitrogen and oxygen atoms in total. The van der Waals surface area contributed by atoms with Gasteiger partial charge in [-0.3, -0.25) is 4.31 Å². The van der Waals surface area contributed by atoms with E-state index >= 15 is 0 Å². The van der Waals surface area contributed by atoms with Gasteiger partial charge in [0, 0.05) is 12.1 Å². The molecule has 1 aromatic rings. The summed E-state index contributed by atoms with van der Waals surface area (Å²) in [6.45, 7) is 1.94. The Hall–Kier alpha value is -1.85. The van der Waals surface area contributed by atoms with Crippen LogP contribution in [0.15, 0.2) is 64.7 Å². The van der Waals surface area contributed by atoms with Crippen molar-refractivity contribution in [2.45, 2.75) is 36.8 Å². The van der Waals surface area contributed by atoms with Crippen molar-refractivity contribution in [2.24, 2.45) is 5.92 Å². The van der Waals surface area contributed by atoms with Gasteiger partial charge in [-0.2, -0.15) is 0 Å². The Balaban J connectivity index is 1.76. The van der Waals surface area contributed by atoms with E-state index in [9.17, 15) is 13.5 Å². The first-order valence-electron chi connectivity index (χ1n) is 7.85. The maximum absolute atomic E-state index is 13.0. The highest BCUT2D eigenvalue weighted by Crippen LogP contribution is 2.46. The summed E-state index contributed by atoms with van der Waals surface area (Å²) in [5.41, 5.74) is 3.08. The van der Waals surface area contributed by atoms with Gasteiger partial charge in [0.05, 0.1) is 17.0 Å². The fraction of sp³-hybridized carbons (Fsp3) is 0.333. The third-order valence-electron chi connectivity index (χ3n) is 4.97. The zero-order valence-electron chi connectivity index (χ0n) is 12.9. The van der Waals surface area contributed by atoms with Crippen molar-refractivity contribution in [3.8, 4) is 0 Å². The minimum atomic E-state index is -3.59. The van der Waals surface area contributed by atoms with E-state index in [1.54, 1.807) is 18.3 Å². The van der Waals surface area contributed by atoms with Crippen molar-refractivity contribution >= 4 is 10.0 Å². The summed E-state index contributed by atoms with van der Waals surface area (Å²) < 4.78 is 27.5. The van der Waals surface area contributed by atoms with Crippen LogP contribution in [0.4, 0.5) is 0 Å². The van der Waals surface area contributed by atoms with Crippen molar-refractivity contribution in [3.63, 3.8) is 0 Å². The van der Waals surface area contributed by atoms with E-state index in [1.165, 1.54) is 4.31 Å². The standard InChI is InChI=1S/C18H19NO3S/c1-12-5-8-14(9-6-12)23(21,22)19-11-13-7-10-17(20)15-3-2-4-16(19)18(13)15/h2-6,8-9,11,16-18,20H,7,10H2,1H3/t16-,17?,18+/m0/s1. The molecule has 1 heterocycles. The number of rotatable bonds is 2. The molecule has 1 fully saturated rings. The van der Waals surface area contributed by atoms with E-state index in [2.05, 4.69) is 0 Å². The van der Waals surface area contributed by atoms with Gasteiger partial charge in [-0.25, -0.2) is 8.42 Å². The number of aliphatic hydroxyl groups is 1. The van der Waals surface area contributed by atoms with Gasteiger partial charge in [0.2, 0.25) is 0 Å². The average Bonchev–Trinajstić information content (AvgIpc) is 2.92. The second kappa shape index (κ2) is 5.08. The van der Waals surface area contributed by atoms with Crippen molar-refractivity contribution in [3.05, 3.63) is 65.4 Å².